The molecule has 16 heavy (non-hydrogen) atoms. The fourth-order valence-corrected chi connectivity index (χ4v) is 3.94. The van der Waals surface area contributed by atoms with Crippen LogP contribution in [0.1, 0.15) is 51.9 Å². The highest BCUT2D eigenvalue weighted by Gasteiger charge is 2.34. The van der Waals surface area contributed by atoms with Crippen molar-refractivity contribution in [2.24, 2.45) is 0 Å². The van der Waals surface area contributed by atoms with Gasteiger partial charge in [-0.05, 0) is 19.3 Å². The molecular formula is C11H23NO3S. The SMILES string of the molecule is CCCCS(=O)(=O)NC1(CO)CCCCC1. The standard InChI is InChI=1S/C11H23NO3S/c1-2-3-9-16(14,15)12-11(10-13)7-5-4-6-8-11/h12-13H,2-10H2,1H3. The van der Waals surface area contributed by atoms with Crippen molar-refractivity contribution < 1.29 is 13.5 Å². The second kappa shape index (κ2) is 5.98. The zero-order valence-electron chi connectivity index (χ0n) is 10.0. The summed E-state index contributed by atoms with van der Waals surface area (Å²) in [5, 5.41) is 9.40. The zero-order valence-corrected chi connectivity index (χ0v) is 10.9. The summed E-state index contributed by atoms with van der Waals surface area (Å²) in [4.78, 5) is 0. The van der Waals surface area contributed by atoms with Gasteiger partial charge in [-0.25, -0.2) is 13.1 Å². The van der Waals surface area contributed by atoms with Crippen LogP contribution in [0.5, 0.6) is 0 Å². The van der Waals surface area contributed by atoms with E-state index < -0.39 is 15.6 Å². The van der Waals surface area contributed by atoms with Crippen LogP contribution < -0.4 is 4.72 Å². The molecule has 0 unspecified atom stereocenters. The highest BCUT2D eigenvalue weighted by Crippen LogP contribution is 2.28. The van der Waals surface area contributed by atoms with Crippen molar-refractivity contribution in [2.75, 3.05) is 12.4 Å². The maximum atomic E-state index is 11.8. The molecule has 2 N–H and O–H groups in total. The number of aliphatic hydroxyl groups excluding tert-OH is 1. The van der Waals surface area contributed by atoms with Crippen molar-refractivity contribution in [3.8, 4) is 0 Å². The third kappa shape index (κ3) is 4.03. The first-order valence-electron chi connectivity index (χ1n) is 6.16. The molecule has 0 spiro atoms. The Balaban J connectivity index is 2.61. The Hall–Kier alpha value is -0.130. The Morgan fingerprint density at radius 2 is 1.88 bits per heavy atom. The predicted molar refractivity (Wildman–Crippen MR) is 64.7 cm³/mol. The Morgan fingerprint density at radius 3 is 2.38 bits per heavy atom. The van der Waals surface area contributed by atoms with Crippen LogP contribution in [0.2, 0.25) is 0 Å². The van der Waals surface area contributed by atoms with Crippen molar-refractivity contribution in [3.63, 3.8) is 0 Å². The molecule has 0 aromatic rings. The minimum Gasteiger partial charge on any atom is -0.394 e. The predicted octanol–water partition coefficient (Wildman–Crippen LogP) is 1.40. The third-order valence-electron chi connectivity index (χ3n) is 3.25. The zero-order chi connectivity index (χ0) is 12.1. The molecule has 0 atom stereocenters. The number of unbranched alkanes of at least 4 members (excludes halogenated alkanes) is 1. The molecular weight excluding hydrogens is 226 g/mol. The van der Waals surface area contributed by atoms with E-state index in [9.17, 15) is 13.5 Å². The summed E-state index contributed by atoms with van der Waals surface area (Å²) in [6.07, 6.45) is 6.19. The molecule has 0 aromatic carbocycles. The van der Waals surface area contributed by atoms with Crippen LogP contribution in [0.15, 0.2) is 0 Å². The molecule has 1 aliphatic carbocycles. The molecule has 0 aromatic heterocycles. The van der Waals surface area contributed by atoms with Crippen LogP contribution >= 0.6 is 0 Å². The summed E-state index contributed by atoms with van der Waals surface area (Å²) in [6, 6.07) is 0. The molecule has 0 radical (unpaired) electrons. The molecule has 5 heteroatoms. The lowest BCUT2D eigenvalue weighted by Crippen LogP contribution is -2.52. The lowest BCUT2D eigenvalue weighted by Gasteiger charge is -2.36. The maximum absolute atomic E-state index is 11.8. The summed E-state index contributed by atoms with van der Waals surface area (Å²) < 4.78 is 26.3. The van der Waals surface area contributed by atoms with E-state index in [2.05, 4.69) is 4.72 Å². The molecule has 0 bridgehead atoms. The molecule has 96 valence electrons. The van der Waals surface area contributed by atoms with Gasteiger partial charge in [0.15, 0.2) is 0 Å². The van der Waals surface area contributed by atoms with Crippen LogP contribution in [-0.4, -0.2) is 31.4 Å². The van der Waals surface area contributed by atoms with Crippen molar-refractivity contribution in [3.05, 3.63) is 0 Å². The molecule has 1 rings (SSSR count). The monoisotopic (exact) mass is 249 g/mol. The van der Waals surface area contributed by atoms with E-state index in [4.69, 9.17) is 0 Å². The Bertz CT molecular complexity index is 294. The van der Waals surface area contributed by atoms with Crippen LogP contribution in [0.3, 0.4) is 0 Å². The van der Waals surface area contributed by atoms with Gasteiger partial charge in [-0.15, -0.1) is 0 Å². The quantitative estimate of drug-likeness (QED) is 0.748. The van der Waals surface area contributed by atoms with Gasteiger partial charge in [0.1, 0.15) is 0 Å². The lowest BCUT2D eigenvalue weighted by molar-refractivity contribution is 0.142. The molecule has 0 heterocycles. The molecule has 1 fully saturated rings. The van der Waals surface area contributed by atoms with Gasteiger partial charge < -0.3 is 5.11 Å². The van der Waals surface area contributed by atoms with E-state index in [0.717, 1.165) is 38.5 Å². The largest absolute Gasteiger partial charge is 0.394 e. The van der Waals surface area contributed by atoms with Crippen LogP contribution in [0.4, 0.5) is 0 Å². The Morgan fingerprint density at radius 1 is 1.25 bits per heavy atom. The van der Waals surface area contributed by atoms with Gasteiger partial charge in [0.2, 0.25) is 10.0 Å². The normalized spacial score (nSPS) is 20.9. The Labute approximate surface area is 98.5 Å². The maximum Gasteiger partial charge on any atom is 0.212 e. The van der Waals surface area contributed by atoms with Gasteiger partial charge >= 0.3 is 0 Å². The number of sulfonamides is 1. The number of hydrogen-bond acceptors (Lipinski definition) is 3. The molecule has 1 saturated carbocycles. The first-order valence-corrected chi connectivity index (χ1v) is 7.81. The van der Waals surface area contributed by atoms with E-state index in [-0.39, 0.29) is 12.4 Å². The average Bonchev–Trinajstić information content (AvgIpc) is 2.27. The fourth-order valence-electron chi connectivity index (χ4n) is 2.24. The smallest absolute Gasteiger partial charge is 0.212 e. The summed E-state index contributed by atoms with van der Waals surface area (Å²) in [6.45, 7) is 1.89. The Kier molecular flexibility index (Phi) is 5.21. The summed E-state index contributed by atoms with van der Waals surface area (Å²) in [7, 11) is -3.22. The number of nitrogens with one attached hydrogen (secondary N) is 1. The van der Waals surface area contributed by atoms with Crippen molar-refractivity contribution >= 4 is 10.0 Å². The fraction of sp³-hybridized carbons (Fsp3) is 1.00. The summed E-state index contributed by atoms with van der Waals surface area (Å²) in [5.41, 5.74) is -0.579. The molecule has 0 amide bonds. The van der Waals surface area contributed by atoms with Gasteiger partial charge in [0, 0.05) is 0 Å². The molecule has 1 aliphatic rings. The number of hydrogen-bond donors (Lipinski definition) is 2. The van der Waals surface area contributed by atoms with E-state index >= 15 is 0 Å². The third-order valence-corrected chi connectivity index (χ3v) is 4.82. The van der Waals surface area contributed by atoms with Crippen molar-refractivity contribution in [1.29, 1.82) is 0 Å². The lowest BCUT2D eigenvalue weighted by atomic mass is 9.83. The first-order chi connectivity index (χ1) is 7.54. The molecule has 4 nitrogen and oxygen atoms in total. The topological polar surface area (TPSA) is 66.4 Å². The van der Waals surface area contributed by atoms with Crippen molar-refractivity contribution in [1.82, 2.24) is 4.72 Å². The summed E-state index contributed by atoms with van der Waals surface area (Å²) in [5.74, 6) is 0.172. The van der Waals surface area contributed by atoms with E-state index in [1.54, 1.807) is 0 Å². The highest BCUT2D eigenvalue weighted by molar-refractivity contribution is 7.89. The molecule has 0 saturated heterocycles. The van der Waals surface area contributed by atoms with Gasteiger partial charge in [0.25, 0.3) is 0 Å². The number of rotatable bonds is 6. The first kappa shape index (κ1) is 13.9. The van der Waals surface area contributed by atoms with E-state index in [1.165, 1.54) is 0 Å². The van der Waals surface area contributed by atoms with Crippen LogP contribution in [0.25, 0.3) is 0 Å². The summed E-state index contributed by atoms with van der Waals surface area (Å²) >= 11 is 0. The van der Waals surface area contributed by atoms with E-state index in [0.29, 0.717) is 6.42 Å². The molecule has 0 aliphatic heterocycles. The number of aliphatic hydroxyl groups is 1. The van der Waals surface area contributed by atoms with Gasteiger partial charge in [-0.3, -0.25) is 0 Å². The van der Waals surface area contributed by atoms with Crippen LogP contribution in [0, 0.1) is 0 Å². The minimum atomic E-state index is -3.22. The van der Waals surface area contributed by atoms with Gasteiger partial charge in [-0.2, -0.15) is 0 Å². The second-order valence-corrected chi connectivity index (χ2v) is 6.62. The van der Waals surface area contributed by atoms with Gasteiger partial charge in [-0.1, -0.05) is 32.6 Å². The average molecular weight is 249 g/mol. The minimum absolute atomic E-state index is 0.0850. The van der Waals surface area contributed by atoms with Crippen LogP contribution in [-0.2, 0) is 10.0 Å². The highest BCUT2D eigenvalue weighted by atomic mass is 32.2. The van der Waals surface area contributed by atoms with Gasteiger partial charge in [0.05, 0.1) is 17.9 Å². The van der Waals surface area contributed by atoms with E-state index in [1.807, 2.05) is 6.92 Å². The van der Waals surface area contributed by atoms with Crippen molar-refractivity contribution in [2.45, 2.75) is 57.4 Å². The second-order valence-electron chi connectivity index (χ2n) is 4.77.